The van der Waals surface area contributed by atoms with E-state index in [4.69, 9.17) is 0 Å². The van der Waals surface area contributed by atoms with E-state index in [2.05, 4.69) is 4.74 Å². The van der Waals surface area contributed by atoms with E-state index in [0.29, 0.717) is 30.8 Å². The first-order valence-electron chi connectivity index (χ1n) is 9.16. The van der Waals surface area contributed by atoms with Gasteiger partial charge in [-0.25, -0.2) is 0 Å². The summed E-state index contributed by atoms with van der Waals surface area (Å²) >= 11 is 1.36. The second-order valence-electron chi connectivity index (χ2n) is 6.92. The molecule has 3 rings (SSSR count). The highest BCUT2D eigenvalue weighted by atomic mass is 32.1. The number of benzene rings is 1. The van der Waals surface area contributed by atoms with Gasteiger partial charge in [-0.2, -0.15) is 0 Å². The number of halogens is 3. The van der Waals surface area contributed by atoms with Crippen molar-refractivity contribution in [2.24, 2.45) is 5.92 Å². The molecule has 1 saturated heterocycles. The summed E-state index contributed by atoms with van der Waals surface area (Å²) in [4.78, 5) is 29.1. The highest BCUT2D eigenvalue weighted by Gasteiger charge is 2.33. The lowest BCUT2D eigenvalue weighted by molar-refractivity contribution is -0.275. The van der Waals surface area contributed by atoms with E-state index in [-0.39, 0.29) is 35.6 Å². The SMILES string of the molecule is CN(Cc1ccccc1OC(F)(F)F)C(=O)C1CCCN(C(=O)c2cccs2)C1. The molecule has 29 heavy (non-hydrogen) atoms. The maximum absolute atomic E-state index is 12.9. The number of para-hydroxylation sites is 1. The standard InChI is InChI=1S/C20H21F3N2O3S/c1-24(12-14-6-2-3-8-16(14)28-20(21,22)23)18(26)15-7-4-10-25(13-15)19(27)17-9-5-11-29-17/h2-3,5-6,8-9,11,15H,4,7,10,12-13H2,1H3. The average molecular weight is 426 g/mol. The Bertz CT molecular complexity index is 855. The minimum Gasteiger partial charge on any atom is -0.405 e. The smallest absolute Gasteiger partial charge is 0.405 e. The summed E-state index contributed by atoms with van der Waals surface area (Å²) in [6, 6.07) is 9.32. The van der Waals surface area contributed by atoms with Gasteiger partial charge in [0.2, 0.25) is 5.91 Å². The second kappa shape index (κ2) is 8.86. The molecule has 9 heteroatoms. The first-order valence-corrected chi connectivity index (χ1v) is 10.0. The van der Waals surface area contributed by atoms with Crippen molar-refractivity contribution in [1.82, 2.24) is 9.80 Å². The third kappa shape index (κ3) is 5.50. The fourth-order valence-electron chi connectivity index (χ4n) is 3.42. The van der Waals surface area contributed by atoms with Crippen LogP contribution in [0.25, 0.3) is 0 Å². The Balaban J connectivity index is 1.65. The number of likely N-dealkylation sites (tertiary alicyclic amines) is 1. The lowest BCUT2D eigenvalue weighted by Gasteiger charge is -2.34. The van der Waals surface area contributed by atoms with Crippen LogP contribution in [-0.2, 0) is 11.3 Å². The molecule has 0 N–H and O–H groups in total. The van der Waals surface area contributed by atoms with Crippen molar-refractivity contribution in [2.75, 3.05) is 20.1 Å². The number of nitrogens with zero attached hydrogens (tertiary/aromatic N) is 2. The molecule has 0 spiro atoms. The van der Waals surface area contributed by atoms with Crippen LogP contribution in [0, 0.1) is 5.92 Å². The molecule has 1 aromatic heterocycles. The zero-order valence-corrected chi connectivity index (χ0v) is 16.6. The minimum absolute atomic E-state index is 0.0134. The molecule has 0 saturated carbocycles. The number of carbonyl (C=O) groups is 2. The summed E-state index contributed by atoms with van der Waals surface area (Å²) in [7, 11) is 1.55. The molecule has 0 aliphatic carbocycles. The van der Waals surface area contributed by atoms with Gasteiger partial charge >= 0.3 is 6.36 Å². The van der Waals surface area contributed by atoms with Gasteiger partial charge in [0.25, 0.3) is 5.91 Å². The van der Waals surface area contributed by atoms with Gasteiger partial charge < -0.3 is 14.5 Å². The van der Waals surface area contributed by atoms with Crippen molar-refractivity contribution in [3.05, 3.63) is 52.2 Å². The van der Waals surface area contributed by atoms with Crippen LogP contribution >= 0.6 is 11.3 Å². The molecular weight excluding hydrogens is 405 g/mol. The Hall–Kier alpha value is -2.55. The van der Waals surface area contributed by atoms with Gasteiger partial charge in [-0.15, -0.1) is 24.5 Å². The average Bonchev–Trinajstić information content (AvgIpc) is 3.22. The minimum atomic E-state index is -4.80. The third-order valence-corrected chi connectivity index (χ3v) is 5.63. The summed E-state index contributed by atoms with van der Waals surface area (Å²) in [6.07, 6.45) is -3.46. The van der Waals surface area contributed by atoms with E-state index in [1.165, 1.54) is 34.4 Å². The van der Waals surface area contributed by atoms with Crippen molar-refractivity contribution in [1.29, 1.82) is 0 Å². The van der Waals surface area contributed by atoms with Gasteiger partial charge in [0.1, 0.15) is 5.75 Å². The molecule has 2 aromatic rings. The molecule has 1 unspecified atom stereocenters. The van der Waals surface area contributed by atoms with Crippen LogP contribution in [0.5, 0.6) is 5.75 Å². The van der Waals surface area contributed by atoms with Crippen LogP contribution in [-0.4, -0.2) is 48.1 Å². The van der Waals surface area contributed by atoms with Crippen LogP contribution in [0.15, 0.2) is 41.8 Å². The summed E-state index contributed by atoms with van der Waals surface area (Å²) in [6.45, 7) is 0.882. The summed E-state index contributed by atoms with van der Waals surface area (Å²) in [5.74, 6) is -0.995. The molecule has 156 valence electrons. The zero-order chi connectivity index (χ0) is 21.0. The topological polar surface area (TPSA) is 49.9 Å². The first-order chi connectivity index (χ1) is 13.7. The van der Waals surface area contributed by atoms with Crippen molar-refractivity contribution in [2.45, 2.75) is 25.7 Å². The Morgan fingerprint density at radius 3 is 2.69 bits per heavy atom. The van der Waals surface area contributed by atoms with E-state index in [9.17, 15) is 22.8 Å². The summed E-state index contributed by atoms with van der Waals surface area (Å²) < 4.78 is 41.9. The number of amides is 2. The number of thiophene rings is 1. The number of ether oxygens (including phenoxy) is 1. The van der Waals surface area contributed by atoms with Crippen molar-refractivity contribution in [3.63, 3.8) is 0 Å². The van der Waals surface area contributed by atoms with Crippen LogP contribution in [0.4, 0.5) is 13.2 Å². The maximum Gasteiger partial charge on any atom is 0.573 e. The van der Waals surface area contributed by atoms with Crippen LogP contribution in [0.1, 0.15) is 28.1 Å². The quantitative estimate of drug-likeness (QED) is 0.722. The van der Waals surface area contributed by atoms with Gasteiger partial charge in [0, 0.05) is 32.2 Å². The van der Waals surface area contributed by atoms with E-state index in [1.54, 1.807) is 30.1 Å². The Labute approximate surface area is 170 Å². The first kappa shape index (κ1) is 21.2. The van der Waals surface area contributed by atoms with Crippen molar-refractivity contribution >= 4 is 23.2 Å². The van der Waals surface area contributed by atoms with E-state index < -0.39 is 6.36 Å². The predicted molar refractivity (Wildman–Crippen MR) is 103 cm³/mol. The molecule has 1 aliphatic rings. The van der Waals surface area contributed by atoms with Crippen LogP contribution in [0.2, 0.25) is 0 Å². The number of carbonyl (C=O) groups excluding carboxylic acids is 2. The molecule has 1 aliphatic heterocycles. The van der Waals surface area contributed by atoms with E-state index in [1.807, 2.05) is 5.38 Å². The fraction of sp³-hybridized carbons (Fsp3) is 0.400. The van der Waals surface area contributed by atoms with Crippen molar-refractivity contribution in [3.8, 4) is 5.75 Å². The maximum atomic E-state index is 12.9. The fourth-order valence-corrected chi connectivity index (χ4v) is 4.11. The van der Waals surface area contributed by atoms with Crippen LogP contribution in [0.3, 0.4) is 0 Å². The Kier molecular flexibility index (Phi) is 6.46. The van der Waals surface area contributed by atoms with E-state index >= 15 is 0 Å². The van der Waals surface area contributed by atoms with E-state index in [0.717, 1.165) is 0 Å². The number of alkyl halides is 3. The van der Waals surface area contributed by atoms with Gasteiger partial charge in [-0.1, -0.05) is 24.3 Å². The lowest BCUT2D eigenvalue weighted by atomic mass is 9.96. The van der Waals surface area contributed by atoms with Crippen LogP contribution < -0.4 is 4.74 Å². The van der Waals surface area contributed by atoms with Gasteiger partial charge in [0.05, 0.1) is 10.8 Å². The van der Waals surface area contributed by atoms with Crippen molar-refractivity contribution < 1.29 is 27.5 Å². The molecule has 2 heterocycles. The molecule has 2 amide bonds. The molecule has 0 bridgehead atoms. The third-order valence-electron chi connectivity index (χ3n) is 4.77. The zero-order valence-electron chi connectivity index (χ0n) is 15.8. The Morgan fingerprint density at radius 2 is 2.00 bits per heavy atom. The number of hydrogen-bond donors (Lipinski definition) is 0. The second-order valence-corrected chi connectivity index (χ2v) is 7.87. The highest BCUT2D eigenvalue weighted by molar-refractivity contribution is 7.12. The Morgan fingerprint density at radius 1 is 1.24 bits per heavy atom. The van der Waals surface area contributed by atoms with Gasteiger partial charge in [-0.05, 0) is 30.4 Å². The molecule has 0 radical (unpaired) electrons. The molecular formula is C20H21F3N2O3S. The highest BCUT2D eigenvalue weighted by Crippen LogP contribution is 2.28. The summed E-state index contributed by atoms with van der Waals surface area (Å²) in [5, 5.41) is 1.83. The normalized spacial score (nSPS) is 17.1. The molecule has 1 aromatic carbocycles. The molecule has 5 nitrogen and oxygen atoms in total. The summed E-state index contributed by atoms with van der Waals surface area (Å²) in [5.41, 5.74) is 0.267. The number of rotatable bonds is 5. The molecule has 1 fully saturated rings. The largest absolute Gasteiger partial charge is 0.573 e. The number of piperidine rings is 1. The van der Waals surface area contributed by atoms with Gasteiger partial charge in [-0.3, -0.25) is 9.59 Å². The van der Waals surface area contributed by atoms with Gasteiger partial charge in [0.15, 0.2) is 0 Å². The number of hydrogen-bond acceptors (Lipinski definition) is 4. The monoisotopic (exact) mass is 426 g/mol. The lowest BCUT2D eigenvalue weighted by Crippen LogP contribution is -2.45. The molecule has 1 atom stereocenters. The predicted octanol–water partition coefficient (Wildman–Crippen LogP) is 4.16.